The van der Waals surface area contributed by atoms with Crippen molar-refractivity contribution in [1.29, 1.82) is 0 Å². The van der Waals surface area contributed by atoms with Crippen molar-refractivity contribution in [1.82, 2.24) is 0 Å². The Bertz CT molecular complexity index is 1100. The molecule has 0 bridgehead atoms. The molecular formula is C21H16ClNO4S. The van der Waals surface area contributed by atoms with Gasteiger partial charge in [0.15, 0.2) is 15.2 Å². The van der Waals surface area contributed by atoms with Gasteiger partial charge in [-0.05, 0) is 54.1 Å². The summed E-state index contributed by atoms with van der Waals surface area (Å²) < 4.78 is 31.0. The Morgan fingerprint density at radius 2 is 1.46 bits per heavy atom. The lowest BCUT2D eigenvalue weighted by Gasteiger charge is -2.24. The van der Waals surface area contributed by atoms with Gasteiger partial charge in [-0.3, -0.25) is 9.69 Å². The number of hydrogen-bond donors (Lipinski definition) is 0. The van der Waals surface area contributed by atoms with Crippen molar-refractivity contribution in [2.45, 2.75) is 5.37 Å². The van der Waals surface area contributed by atoms with Gasteiger partial charge < -0.3 is 4.74 Å². The molecule has 5 nitrogen and oxygen atoms in total. The highest BCUT2D eigenvalue weighted by atomic mass is 35.5. The van der Waals surface area contributed by atoms with Crippen LogP contribution in [0.5, 0.6) is 11.5 Å². The topological polar surface area (TPSA) is 63.7 Å². The molecule has 7 heteroatoms. The number of para-hydroxylation sites is 1. The summed E-state index contributed by atoms with van der Waals surface area (Å²) >= 11 is 5.91. The fourth-order valence-electron chi connectivity index (χ4n) is 3.17. The monoisotopic (exact) mass is 413 g/mol. The van der Waals surface area contributed by atoms with Crippen molar-refractivity contribution < 1.29 is 17.9 Å². The highest BCUT2D eigenvalue weighted by Gasteiger charge is 2.45. The molecule has 1 aliphatic rings. The Labute approximate surface area is 168 Å². The summed E-state index contributed by atoms with van der Waals surface area (Å²) in [6, 6.07) is 22.6. The number of carbonyl (C=O) groups excluding carboxylic acids is 1. The summed E-state index contributed by atoms with van der Waals surface area (Å²) in [5.74, 6) is 0.293. The molecule has 1 amide bonds. The van der Waals surface area contributed by atoms with E-state index in [0.717, 1.165) is 0 Å². The normalized spacial score (nSPS) is 18.2. The van der Waals surface area contributed by atoms with Gasteiger partial charge in [0.2, 0.25) is 5.91 Å². The number of rotatable bonds is 4. The third-order valence-electron chi connectivity index (χ3n) is 4.42. The van der Waals surface area contributed by atoms with E-state index in [1.54, 1.807) is 48.5 Å². The van der Waals surface area contributed by atoms with Crippen molar-refractivity contribution in [3.8, 4) is 11.5 Å². The lowest BCUT2D eigenvalue weighted by molar-refractivity contribution is -0.115. The van der Waals surface area contributed by atoms with Gasteiger partial charge in [0, 0.05) is 10.7 Å². The first kappa shape index (κ1) is 18.5. The number of carbonyl (C=O) groups is 1. The quantitative estimate of drug-likeness (QED) is 0.627. The summed E-state index contributed by atoms with van der Waals surface area (Å²) in [6.07, 6.45) is 0. The summed E-state index contributed by atoms with van der Waals surface area (Å²) in [5, 5.41) is -0.572. The van der Waals surface area contributed by atoms with Crippen LogP contribution < -0.4 is 9.64 Å². The SMILES string of the molecule is O=C1CS(=O)(=O)[C@@H](c2ccc(Cl)cc2)N1c1ccc(Oc2ccccc2)cc1. The van der Waals surface area contributed by atoms with E-state index in [-0.39, 0.29) is 0 Å². The molecule has 0 unspecified atom stereocenters. The number of nitrogens with zero attached hydrogens (tertiary/aromatic N) is 1. The number of hydrogen-bond acceptors (Lipinski definition) is 4. The largest absolute Gasteiger partial charge is 0.457 e. The summed E-state index contributed by atoms with van der Waals surface area (Å²) in [7, 11) is -3.66. The van der Waals surface area contributed by atoms with Crippen molar-refractivity contribution in [2.24, 2.45) is 0 Å². The van der Waals surface area contributed by atoms with Crippen molar-refractivity contribution in [2.75, 3.05) is 10.7 Å². The number of halogens is 1. The summed E-state index contributed by atoms with van der Waals surface area (Å²) in [5.41, 5.74) is 0.992. The van der Waals surface area contributed by atoms with E-state index in [0.29, 0.717) is 27.8 Å². The predicted octanol–water partition coefficient (Wildman–Crippen LogP) is 4.59. The molecule has 1 heterocycles. The van der Waals surface area contributed by atoms with E-state index in [4.69, 9.17) is 16.3 Å². The molecular weight excluding hydrogens is 398 g/mol. The molecule has 4 rings (SSSR count). The van der Waals surface area contributed by atoms with Crippen LogP contribution in [0.15, 0.2) is 78.9 Å². The van der Waals surface area contributed by atoms with Gasteiger partial charge in [0.05, 0.1) is 0 Å². The molecule has 0 N–H and O–H groups in total. The first-order valence-corrected chi connectivity index (χ1v) is 10.7. The fourth-order valence-corrected chi connectivity index (χ4v) is 5.07. The minimum atomic E-state index is -3.66. The average Bonchev–Trinajstić information content (AvgIpc) is 2.92. The molecule has 142 valence electrons. The molecule has 0 radical (unpaired) electrons. The van der Waals surface area contributed by atoms with Gasteiger partial charge in [-0.25, -0.2) is 8.42 Å². The van der Waals surface area contributed by atoms with Crippen LogP contribution in [0.1, 0.15) is 10.9 Å². The Balaban J connectivity index is 1.66. The zero-order chi connectivity index (χ0) is 19.7. The van der Waals surface area contributed by atoms with E-state index in [9.17, 15) is 13.2 Å². The Morgan fingerprint density at radius 3 is 2.11 bits per heavy atom. The van der Waals surface area contributed by atoms with Gasteiger partial charge in [-0.1, -0.05) is 41.9 Å². The second kappa shape index (κ2) is 7.30. The summed E-state index contributed by atoms with van der Waals surface area (Å²) in [6.45, 7) is 0. The lowest BCUT2D eigenvalue weighted by Crippen LogP contribution is -2.29. The van der Waals surface area contributed by atoms with Crippen LogP contribution in [0.25, 0.3) is 0 Å². The van der Waals surface area contributed by atoms with Crippen molar-refractivity contribution in [3.63, 3.8) is 0 Å². The van der Waals surface area contributed by atoms with Crippen LogP contribution in [0.3, 0.4) is 0 Å². The third kappa shape index (κ3) is 3.61. The first-order chi connectivity index (χ1) is 13.4. The zero-order valence-corrected chi connectivity index (χ0v) is 16.2. The van der Waals surface area contributed by atoms with Crippen LogP contribution in [-0.2, 0) is 14.6 Å². The molecule has 3 aromatic rings. The maximum Gasteiger partial charge on any atom is 0.243 e. The predicted molar refractivity (Wildman–Crippen MR) is 108 cm³/mol. The van der Waals surface area contributed by atoms with Crippen LogP contribution in [0, 0.1) is 0 Å². The third-order valence-corrected chi connectivity index (χ3v) is 6.48. The van der Waals surface area contributed by atoms with Crippen LogP contribution in [-0.4, -0.2) is 20.1 Å². The summed E-state index contributed by atoms with van der Waals surface area (Å²) in [4.78, 5) is 13.8. The fraction of sp³-hybridized carbons (Fsp3) is 0.0952. The molecule has 0 aliphatic carbocycles. The van der Waals surface area contributed by atoms with E-state index >= 15 is 0 Å². The van der Waals surface area contributed by atoms with E-state index in [1.165, 1.54) is 4.90 Å². The smallest absolute Gasteiger partial charge is 0.243 e. The first-order valence-electron chi connectivity index (χ1n) is 8.56. The molecule has 3 aromatic carbocycles. The maximum absolute atomic E-state index is 12.6. The molecule has 0 spiro atoms. The molecule has 1 atom stereocenters. The molecule has 28 heavy (non-hydrogen) atoms. The molecule has 1 fully saturated rings. The number of sulfone groups is 1. The highest BCUT2D eigenvalue weighted by molar-refractivity contribution is 7.93. The van der Waals surface area contributed by atoms with Gasteiger partial charge in [-0.2, -0.15) is 0 Å². The standard InChI is InChI=1S/C21H16ClNO4S/c22-16-8-6-15(7-9-16)21-23(20(24)14-28(21,25)26)17-10-12-19(13-11-17)27-18-4-2-1-3-5-18/h1-13,21H,14H2/t21-/m0/s1. The minimum Gasteiger partial charge on any atom is -0.457 e. The highest BCUT2D eigenvalue weighted by Crippen LogP contribution is 2.38. The minimum absolute atomic E-state index is 0.461. The molecule has 0 aromatic heterocycles. The van der Waals surface area contributed by atoms with Crippen LogP contribution in [0.2, 0.25) is 5.02 Å². The maximum atomic E-state index is 12.6. The van der Waals surface area contributed by atoms with Gasteiger partial charge in [0.1, 0.15) is 17.3 Å². The van der Waals surface area contributed by atoms with E-state index in [2.05, 4.69) is 0 Å². The number of amides is 1. The number of benzene rings is 3. The number of ether oxygens (including phenoxy) is 1. The lowest BCUT2D eigenvalue weighted by atomic mass is 10.2. The van der Waals surface area contributed by atoms with Crippen LogP contribution >= 0.6 is 11.6 Å². The molecule has 1 saturated heterocycles. The van der Waals surface area contributed by atoms with Crippen LogP contribution in [0.4, 0.5) is 5.69 Å². The second-order valence-corrected chi connectivity index (χ2v) is 8.88. The van der Waals surface area contributed by atoms with E-state index in [1.807, 2.05) is 30.3 Å². The number of anilines is 1. The molecule has 0 saturated carbocycles. The zero-order valence-electron chi connectivity index (χ0n) is 14.7. The average molecular weight is 414 g/mol. The molecule has 1 aliphatic heterocycles. The van der Waals surface area contributed by atoms with Crippen molar-refractivity contribution >= 4 is 33.0 Å². The van der Waals surface area contributed by atoms with Gasteiger partial charge >= 0.3 is 0 Å². The van der Waals surface area contributed by atoms with Gasteiger partial charge in [0.25, 0.3) is 0 Å². The van der Waals surface area contributed by atoms with E-state index < -0.39 is 26.9 Å². The Hall–Kier alpha value is -2.83. The Morgan fingerprint density at radius 1 is 0.857 bits per heavy atom. The van der Waals surface area contributed by atoms with Crippen molar-refractivity contribution in [3.05, 3.63) is 89.4 Å². The second-order valence-electron chi connectivity index (χ2n) is 6.38. The Kier molecular flexibility index (Phi) is 4.83. The van der Waals surface area contributed by atoms with Gasteiger partial charge in [-0.15, -0.1) is 0 Å².